The Hall–Kier alpha value is -2.73. The van der Waals surface area contributed by atoms with Crippen molar-refractivity contribution in [3.63, 3.8) is 0 Å². The molecule has 1 heterocycles. The minimum Gasteiger partial charge on any atom is -0.265 e. The predicted molar refractivity (Wildman–Crippen MR) is 72.1 cm³/mol. The third-order valence-electron chi connectivity index (χ3n) is 2.76. The Bertz CT molecular complexity index is 803. The lowest BCUT2D eigenvalue weighted by Crippen LogP contribution is -2.13. The van der Waals surface area contributed by atoms with Gasteiger partial charge >= 0.3 is 5.69 Å². The van der Waals surface area contributed by atoms with Crippen LogP contribution in [0, 0.1) is 21.4 Å². The van der Waals surface area contributed by atoms with Gasteiger partial charge in [0.1, 0.15) is 12.4 Å². The van der Waals surface area contributed by atoms with E-state index in [2.05, 4.69) is 5.10 Å². The SMILES string of the molecule is N#Cc1ccc(S(=O)(=O)CCn2cc([N+](=O)[O-])cn2)cc1. The molecule has 1 aromatic heterocycles. The third-order valence-corrected chi connectivity index (χ3v) is 4.47. The number of hydrogen-bond donors (Lipinski definition) is 0. The van der Waals surface area contributed by atoms with Gasteiger partial charge in [0.05, 0.1) is 33.7 Å². The van der Waals surface area contributed by atoms with Gasteiger partial charge in [-0.3, -0.25) is 14.8 Å². The predicted octanol–water partition coefficient (Wildman–Crippen LogP) is 1.14. The van der Waals surface area contributed by atoms with Crippen LogP contribution in [0.3, 0.4) is 0 Å². The average Bonchev–Trinajstić information content (AvgIpc) is 2.94. The second-order valence-electron chi connectivity index (χ2n) is 4.17. The number of hydrogen-bond acceptors (Lipinski definition) is 6. The van der Waals surface area contributed by atoms with Gasteiger partial charge in [-0.15, -0.1) is 0 Å². The largest absolute Gasteiger partial charge is 0.306 e. The highest BCUT2D eigenvalue weighted by Crippen LogP contribution is 2.13. The first-order valence-corrected chi connectivity index (χ1v) is 7.47. The molecule has 0 fully saturated rings. The summed E-state index contributed by atoms with van der Waals surface area (Å²) < 4.78 is 25.4. The minimum absolute atomic E-state index is 0.0101. The third kappa shape index (κ3) is 3.43. The summed E-state index contributed by atoms with van der Waals surface area (Å²) in [5.41, 5.74) is 0.183. The Morgan fingerprint density at radius 3 is 2.52 bits per heavy atom. The second kappa shape index (κ2) is 5.72. The first-order valence-electron chi connectivity index (χ1n) is 5.82. The Morgan fingerprint density at radius 1 is 1.33 bits per heavy atom. The summed E-state index contributed by atoms with van der Waals surface area (Å²) in [4.78, 5) is 10.0. The van der Waals surface area contributed by atoms with Crippen molar-refractivity contribution in [2.75, 3.05) is 5.75 Å². The summed E-state index contributed by atoms with van der Waals surface area (Å²) in [5.74, 6) is -0.238. The van der Waals surface area contributed by atoms with E-state index in [0.717, 1.165) is 6.20 Å². The number of sulfone groups is 1. The van der Waals surface area contributed by atoms with Gasteiger partial charge in [0.2, 0.25) is 0 Å². The number of nitrogens with zero attached hydrogens (tertiary/aromatic N) is 4. The van der Waals surface area contributed by atoms with E-state index in [1.807, 2.05) is 6.07 Å². The van der Waals surface area contributed by atoms with Crippen molar-refractivity contribution in [1.82, 2.24) is 9.78 Å². The molecule has 9 heteroatoms. The van der Waals surface area contributed by atoms with E-state index >= 15 is 0 Å². The average molecular weight is 306 g/mol. The van der Waals surface area contributed by atoms with Crippen LogP contribution in [0.15, 0.2) is 41.6 Å². The van der Waals surface area contributed by atoms with Gasteiger partial charge in [-0.25, -0.2) is 8.42 Å². The standard InChI is InChI=1S/C12H10N4O4S/c13-7-10-1-3-12(4-2-10)21(19,20)6-5-15-9-11(8-14-15)16(17)18/h1-4,8-9H,5-6H2. The van der Waals surface area contributed by atoms with Gasteiger partial charge in [0.15, 0.2) is 9.84 Å². The highest BCUT2D eigenvalue weighted by molar-refractivity contribution is 7.91. The fourth-order valence-electron chi connectivity index (χ4n) is 1.64. The quantitative estimate of drug-likeness (QED) is 0.603. The van der Waals surface area contributed by atoms with Crippen molar-refractivity contribution >= 4 is 15.5 Å². The lowest BCUT2D eigenvalue weighted by atomic mass is 10.2. The molecule has 0 bridgehead atoms. The maximum Gasteiger partial charge on any atom is 0.306 e. The molecule has 8 nitrogen and oxygen atoms in total. The maximum absolute atomic E-state index is 12.1. The Labute approximate surface area is 120 Å². The molecule has 0 aliphatic carbocycles. The normalized spacial score (nSPS) is 11.0. The molecule has 0 saturated carbocycles. The van der Waals surface area contributed by atoms with Crippen LogP contribution in [0.5, 0.6) is 0 Å². The van der Waals surface area contributed by atoms with Crippen molar-refractivity contribution in [3.8, 4) is 6.07 Å². The number of nitriles is 1. The highest BCUT2D eigenvalue weighted by atomic mass is 32.2. The van der Waals surface area contributed by atoms with E-state index < -0.39 is 14.8 Å². The molecule has 0 atom stereocenters. The van der Waals surface area contributed by atoms with Crippen molar-refractivity contribution in [1.29, 1.82) is 5.26 Å². The van der Waals surface area contributed by atoms with Crippen molar-refractivity contribution in [2.24, 2.45) is 0 Å². The number of aromatic nitrogens is 2. The van der Waals surface area contributed by atoms with Gasteiger partial charge in [-0.2, -0.15) is 10.4 Å². The zero-order valence-electron chi connectivity index (χ0n) is 10.7. The van der Waals surface area contributed by atoms with Gasteiger partial charge in [0, 0.05) is 0 Å². The van der Waals surface area contributed by atoms with E-state index in [1.165, 1.54) is 35.1 Å². The molecule has 0 spiro atoms. The van der Waals surface area contributed by atoms with Crippen molar-refractivity contribution < 1.29 is 13.3 Å². The smallest absolute Gasteiger partial charge is 0.265 e. The first kappa shape index (κ1) is 14.7. The molecule has 108 valence electrons. The first-order chi connectivity index (χ1) is 9.92. The molecule has 0 amide bonds. The number of aryl methyl sites for hydroxylation is 1. The molecule has 0 aliphatic heterocycles. The fourth-order valence-corrected chi connectivity index (χ4v) is 2.85. The molecule has 0 saturated heterocycles. The summed E-state index contributed by atoms with van der Waals surface area (Å²) in [6.07, 6.45) is 2.24. The number of rotatable bonds is 5. The molecule has 0 radical (unpaired) electrons. The molecular weight excluding hydrogens is 296 g/mol. The fraction of sp³-hybridized carbons (Fsp3) is 0.167. The molecular formula is C12H10N4O4S. The summed E-state index contributed by atoms with van der Waals surface area (Å²) >= 11 is 0. The van der Waals surface area contributed by atoms with E-state index in [9.17, 15) is 18.5 Å². The van der Waals surface area contributed by atoms with Crippen LogP contribution in [0.4, 0.5) is 5.69 Å². The van der Waals surface area contributed by atoms with Gasteiger partial charge < -0.3 is 0 Å². The molecule has 21 heavy (non-hydrogen) atoms. The second-order valence-corrected chi connectivity index (χ2v) is 6.28. The van der Waals surface area contributed by atoms with E-state index in [-0.39, 0.29) is 22.9 Å². The lowest BCUT2D eigenvalue weighted by Gasteiger charge is -2.04. The van der Waals surface area contributed by atoms with E-state index in [4.69, 9.17) is 5.26 Å². The summed E-state index contributed by atoms with van der Waals surface area (Å²) in [5, 5.41) is 22.9. The lowest BCUT2D eigenvalue weighted by molar-refractivity contribution is -0.385. The topological polar surface area (TPSA) is 119 Å². The van der Waals surface area contributed by atoms with Crippen LogP contribution < -0.4 is 0 Å². The molecule has 2 aromatic rings. The van der Waals surface area contributed by atoms with Crippen LogP contribution in [-0.2, 0) is 16.4 Å². The van der Waals surface area contributed by atoms with Gasteiger partial charge in [0.25, 0.3) is 0 Å². The summed E-state index contributed by atoms with van der Waals surface area (Å²) in [6.45, 7) is 0.0101. The molecule has 1 aromatic carbocycles. The van der Waals surface area contributed by atoms with E-state index in [1.54, 1.807) is 0 Å². The highest BCUT2D eigenvalue weighted by Gasteiger charge is 2.16. The van der Waals surface area contributed by atoms with Crippen molar-refractivity contribution in [3.05, 3.63) is 52.3 Å². The van der Waals surface area contributed by atoms with Gasteiger partial charge in [-0.05, 0) is 24.3 Å². The summed E-state index contributed by atoms with van der Waals surface area (Å²) in [7, 11) is -3.53. The van der Waals surface area contributed by atoms with Crippen LogP contribution in [0.2, 0.25) is 0 Å². The summed E-state index contributed by atoms with van der Waals surface area (Å²) in [6, 6.07) is 7.47. The van der Waals surface area contributed by atoms with Crippen molar-refractivity contribution in [2.45, 2.75) is 11.4 Å². The van der Waals surface area contributed by atoms with Crippen LogP contribution in [-0.4, -0.2) is 28.9 Å². The Morgan fingerprint density at radius 2 is 2.00 bits per heavy atom. The molecule has 0 aliphatic rings. The molecule has 0 unspecified atom stereocenters. The Balaban J connectivity index is 2.09. The number of benzene rings is 1. The zero-order valence-corrected chi connectivity index (χ0v) is 11.5. The van der Waals surface area contributed by atoms with Crippen LogP contribution in [0.25, 0.3) is 0 Å². The van der Waals surface area contributed by atoms with Gasteiger partial charge in [-0.1, -0.05) is 0 Å². The van der Waals surface area contributed by atoms with E-state index in [0.29, 0.717) is 5.56 Å². The Kier molecular flexibility index (Phi) is 4.00. The van der Waals surface area contributed by atoms with Crippen LogP contribution in [0.1, 0.15) is 5.56 Å². The maximum atomic E-state index is 12.1. The number of nitro groups is 1. The van der Waals surface area contributed by atoms with Crippen LogP contribution >= 0.6 is 0 Å². The molecule has 0 N–H and O–H groups in total. The zero-order chi connectivity index (χ0) is 15.5. The minimum atomic E-state index is -3.53. The molecule has 2 rings (SSSR count). The monoisotopic (exact) mass is 306 g/mol.